The van der Waals surface area contributed by atoms with Gasteiger partial charge in [-0.3, -0.25) is 9.59 Å². The van der Waals surface area contributed by atoms with Crippen LogP contribution in [0.1, 0.15) is 29.2 Å². The van der Waals surface area contributed by atoms with Gasteiger partial charge < -0.3 is 18.6 Å². The fourth-order valence-electron chi connectivity index (χ4n) is 5.02. The number of hydrogen-bond acceptors (Lipinski definition) is 5. The fourth-order valence-corrected chi connectivity index (χ4v) is 5.02. The molecule has 2 aromatic heterocycles. The maximum absolute atomic E-state index is 13.0. The number of ether oxygens (including phenoxy) is 1. The quantitative estimate of drug-likeness (QED) is 0.609. The van der Waals surface area contributed by atoms with Crippen LogP contribution in [0, 0.1) is 19.8 Å². The van der Waals surface area contributed by atoms with Gasteiger partial charge in [-0.2, -0.15) is 0 Å². The molecule has 1 aromatic carbocycles. The summed E-state index contributed by atoms with van der Waals surface area (Å²) >= 11 is 0. The Labute approximate surface area is 178 Å². The van der Waals surface area contributed by atoms with Crippen LogP contribution in [-0.2, 0) is 11.3 Å². The largest absolute Gasteiger partial charge is 0.483 e. The van der Waals surface area contributed by atoms with E-state index in [2.05, 4.69) is 0 Å². The minimum Gasteiger partial charge on any atom is -0.483 e. The van der Waals surface area contributed by atoms with Crippen molar-refractivity contribution in [1.29, 1.82) is 0 Å². The first-order chi connectivity index (χ1) is 14.9. The van der Waals surface area contributed by atoms with Crippen LogP contribution in [0.2, 0.25) is 0 Å². The number of amides is 1. The highest BCUT2D eigenvalue weighted by atomic mass is 16.5. The van der Waals surface area contributed by atoms with E-state index in [1.807, 2.05) is 35.4 Å². The highest BCUT2D eigenvalue weighted by Gasteiger charge is 2.36. The molecule has 2 aliphatic rings. The van der Waals surface area contributed by atoms with Gasteiger partial charge in [0, 0.05) is 43.4 Å². The van der Waals surface area contributed by atoms with Crippen LogP contribution in [0.3, 0.4) is 0 Å². The lowest BCUT2D eigenvalue weighted by atomic mass is 9.83. The standard InChI is InChI=1S/C24H24N2O5/c1-14-6-19(24-15(2)8-23(29)31-20(24)7-14)30-13-22(28)25-10-16-9-17(12-25)18-4-3-5-21(27)26(18)11-16/h3-8,16-17H,9-13H2,1-2H3/t16-,17-/m0/s1. The molecule has 1 saturated heterocycles. The third-order valence-electron chi connectivity index (χ3n) is 6.33. The number of fused-ring (bicyclic) bond motifs is 5. The first-order valence-electron chi connectivity index (χ1n) is 10.5. The highest BCUT2D eigenvalue weighted by Crippen LogP contribution is 2.35. The zero-order chi connectivity index (χ0) is 21.7. The Morgan fingerprint density at radius 1 is 1.13 bits per heavy atom. The summed E-state index contributed by atoms with van der Waals surface area (Å²) in [6, 6.07) is 10.5. The van der Waals surface area contributed by atoms with E-state index in [0.29, 0.717) is 36.4 Å². The molecule has 0 N–H and O–H groups in total. The smallest absolute Gasteiger partial charge is 0.336 e. The highest BCUT2D eigenvalue weighted by molar-refractivity contribution is 5.88. The zero-order valence-electron chi connectivity index (χ0n) is 17.6. The summed E-state index contributed by atoms with van der Waals surface area (Å²) in [5.74, 6) is 0.901. The number of aryl methyl sites for hydroxylation is 2. The third kappa shape index (κ3) is 3.54. The number of likely N-dealkylation sites (tertiary alicyclic amines) is 1. The summed E-state index contributed by atoms with van der Waals surface area (Å²) < 4.78 is 13.1. The molecule has 1 fully saturated rings. The summed E-state index contributed by atoms with van der Waals surface area (Å²) in [4.78, 5) is 38.8. The molecule has 3 aromatic rings. The molecule has 0 unspecified atom stereocenters. The van der Waals surface area contributed by atoms with Crippen LogP contribution in [0.5, 0.6) is 5.75 Å². The number of carbonyl (C=O) groups is 1. The molecule has 2 bridgehead atoms. The monoisotopic (exact) mass is 420 g/mol. The van der Waals surface area contributed by atoms with Gasteiger partial charge in [0.25, 0.3) is 11.5 Å². The van der Waals surface area contributed by atoms with Crippen LogP contribution in [0.4, 0.5) is 0 Å². The third-order valence-corrected chi connectivity index (χ3v) is 6.33. The molecule has 2 atom stereocenters. The Bertz CT molecular complexity index is 1310. The maximum atomic E-state index is 13.0. The van der Waals surface area contributed by atoms with Gasteiger partial charge in [-0.1, -0.05) is 6.07 Å². The minimum absolute atomic E-state index is 0.0312. The van der Waals surface area contributed by atoms with Crippen molar-refractivity contribution in [3.63, 3.8) is 0 Å². The number of benzene rings is 1. The van der Waals surface area contributed by atoms with Crippen LogP contribution in [0.25, 0.3) is 11.0 Å². The van der Waals surface area contributed by atoms with Crippen molar-refractivity contribution in [2.75, 3.05) is 19.7 Å². The summed E-state index contributed by atoms with van der Waals surface area (Å²) in [6.07, 6.45) is 0.995. The van der Waals surface area contributed by atoms with E-state index >= 15 is 0 Å². The number of carbonyl (C=O) groups excluding carboxylic acids is 1. The number of pyridine rings is 1. The van der Waals surface area contributed by atoms with Gasteiger partial charge in [0.2, 0.25) is 0 Å². The molecule has 160 valence electrons. The van der Waals surface area contributed by atoms with Crippen molar-refractivity contribution in [2.24, 2.45) is 5.92 Å². The Morgan fingerprint density at radius 2 is 1.97 bits per heavy atom. The van der Waals surface area contributed by atoms with Gasteiger partial charge in [-0.25, -0.2) is 4.79 Å². The van der Waals surface area contributed by atoms with Gasteiger partial charge in [0.05, 0.1) is 5.39 Å². The predicted molar refractivity (Wildman–Crippen MR) is 116 cm³/mol. The summed E-state index contributed by atoms with van der Waals surface area (Å²) in [7, 11) is 0. The molecule has 0 spiro atoms. The first kappa shape index (κ1) is 19.6. The SMILES string of the molecule is Cc1cc(OCC(=O)N2C[C@@H]3C[C@@H](C2)c2cccc(=O)n2C3)c2c(C)cc(=O)oc2c1. The van der Waals surface area contributed by atoms with E-state index in [0.717, 1.165) is 23.2 Å². The lowest BCUT2D eigenvalue weighted by Crippen LogP contribution is -2.50. The number of hydrogen-bond donors (Lipinski definition) is 0. The molecule has 7 heteroatoms. The number of aromatic nitrogens is 1. The van der Waals surface area contributed by atoms with Gasteiger partial charge >= 0.3 is 5.63 Å². The Morgan fingerprint density at radius 3 is 2.81 bits per heavy atom. The summed E-state index contributed by atoms with van der Waals surface area (Å²) in [6.45, 7) is 5.50. The van der Waals surface area contributed by atoms with Gasteiger partial charge in [0.1, 0.15) is 11.3 Å². The molecule has 1 amide bonds. The van der Waals surface area contributed by atoms with Gasteiger partial charge in [0.15, 0.2) is 6.61 Å². The van der Waals surface area contributed by atoms with Gasteiger partial charge in [-0.15, -0.1) is 0 Å². The molecule has 2 aliphatic heterocycles. The second-order valence-electron chi connectivity index (χ2n) is 8.67. The molecule has 5 rings (SSSR count). The van der Waals surface area contributed by atoms with E-state index in [1.165, 1.54) is 6.07 Å². The zero-order valence-corrected chi connectivity index (χ0v) is 17.6. The summed E-state index contributed by atoms with van der Waals surface area (Å²) in [5.41, 5.74) is 2.74. The Hall–Kier alpha value is -3.35. The average molecular weight is 420 g/mol. The van der Waals surface area contributed by atoms with Gasteiger partial charge in [-0.05, 0) is 55.5 Å². The molecule has 7 nitrogen and oxygen atoms in total. The van der Waals surface area contributed by atoms with Crippen molar-refractivity contribution in [3.8, 4) is 5.75 Å². The Kier molecular flexibility index (Phi) is 4.68. The molecule has 0 radical (unpaired) electrons. The molecule has 0 aliphatic carbocycles. The molecular formula is C24H24N2O5. The van der Waals surface area contributed by atoms with Crippen LogP contribution >= 0.6 is 0 Å². The van der Waals surface area contributed by atoms with Crippen LogP contribution in [-0.4, -0.2) is 35.1 Å². The van der Waals surface area contributed by atoms with Crippen molar-refractivity contribution in [3.05, 3.63) is 74.0 Å². The van der Waals surface area contributed by atoms with E-state index in [9.17, 15) is 14.4 Å². The molecule has 0 saturated carbocycles. The second kappa shape index (κ2) is 7.41. The molecule has 31 heavy (non-hydrogen) atoms. The van der Waals surface area contributed by atoms with Crippen molar-refractivity contribution >= 4 is 16.9 Å². The van der Waals surface area contributed by atoms with E-state index in [1.54, 1.807) is 18.2 Å². The minimum atomic E-state index is -0.406. The first-order valence-corrected chi connectivity index (χ1v) is 10.5. The number of rotatable bonds is 3. The van der Waals surface area contributed by atoms with Crippen molar-refractivity contribution in [1.82, 2.24) is 9.47 Å². The van der Waals surface area contributed by atoms with E-state index in [-0.39, 0.29) is 29.9 Å². The van der Waals surface area contributed by atoms with Crippen molar-refractivity contribution < 1.29 is 13.9 Å². The average Bonchev–Trinajstić information content (AvgIpc) is 2.71. The lowest BCUT2D eigenvalue weighted by Gasteiger charge is -2.42. The van der Waals surface area contributed by atoms with Crippen LogP contribution in [0.15, 0.2) is 50.4 Å². The van der Waals surface area contributed by atoms with E-state index < -0.39 is 5.63 Å². The predicted octanol–water partition coefficient (Wildman–Crippen LogP) is 2.60. The normalized spacial score (nSPS) is 19.9. The topological polar surface area (TPSA) is 81.8 Å². The van der Waals surface area contributed by atoms with Crippen LogP contribution < -0.4 is 15.9 Å². The molecule has 4 heterocycles. The Balaban J connectivity index is 1.36. The number of nitrogens with zero attached hydrogens (tertiary/aromatic N) is 2. The number of piperidine rings is 1. The van der Waals surface area contributed by atoms with E-state index in [4.69, 9.17) is 9.15 Å². The second-order valence-corrected chi connectivity index (χ2v) is 8.67. The maximum Gasteiger partial charge on any atom is 0.336 e. The summed E-state index contributed by atoms with van der Waals surface area (Å²) in [5, 5.41) is 0.710. The van der Waals surface area contributed by atoms with Crippen molar-refractivity contribution in [2.45, 2.75) is 32.7 Å². The fraction of sp³-hybridized carbons (Fsp3) is 0.375. The molecular weight excluding hydrogens is 396 g/mol. The lowest BCUT2D eigenvalue weighted by molar-refractivity contribution is -0.136.